The van der Waals surface area contributed by atoms with Crippen LogP contribution < -0.4 is 5.73 Å². The SMILES string of the molecule is CCc1c(-c2coc(C)c2)nn(C)c1N. The highest BCUT2D eigenvalue weighted by atomic mass is 16.3. The van der Waals surface area contributed by atoms with Gasteiger partial charge in [-0.15, -0.1) is 0 Å². The molecule has 15 heavy (non-hydrogen) atoms. The second-order valence-corrected chi connectivity index (χ2v) is 3.64. The molecule has 0 atom stereocenters. The molecule has 0 bridgehead atoms. The fourth-order valence-electron chi connectivity index (χ4n) is 1.73. The third-order valence-corrected chi connectivity index (χ3v) is 2.55. The van der Waals surface area contributed by atoms with Crippen LogP contribution in [0.5, 0.6) is 0 Å². The number of aryl methyl sites for hydroxylation is 2. The van der Waals surface area contributed by atoms with Crippen LogP contribution in [0.15, 0.2) is 16.7 Å². The van der Waals surface area contributed by atoms with Gasteiger partial charge >= 0.3 is 0 Å². The van der Waals surface area contributed by atoms with Crippen molar-refractivity contribution in [3.05, 3.63) is 23.7 Å². The van der Waals surface area contributed by atoms with Gasteiger partial charge in [0, 0.05) is 18.2 Å². The summed E-state index contributed by atoms with van der Waals surface area (Å²) in [6.07, 6.45) is 2.59. The minimum atomic E-state index is 0.728. The summed E-state index contributed by atoms with van der Waals surface area (Å²) >= 11 is 0. The lowest BCUT2D eigenvalue weighted by molar-refractivity contribution is 0.534. The molecule has 0 saturated heterocycles. The van der Waals surface area contributed by atoms with Crippen LogP contribution in [0.2, 0.25) is 0 Å². The quantitative estimate of drug-likeness (QED) is 0.817. The van der Waals surface area contributed by atoms with Gasteiger partial charge in [0.05, 0.1) is 0 Å². The largest absolute Gasteiger partial charge is 0.469 e. The van der Waals surface area contributed by atoms with Crippen LogP contribution in [0.3, 0.4) is 0 Å². The Kier molecular flexibility index (Phi) is 2.26. The summed E-state index contributed by atoms with van der Waals surface area (Å²) in [6.45, 7) is 3.99. The first-order chi connectivity index (χ1) is 7.13. The number of aromatic nitrogens is 2. The molecule has 0 aliphatic rings. The molecule has 2 aromatic heterocycles. The van der Waals surface area contributed by atoms with E-state index >= 15 is 0 Å². The highest BCUT2D eigenvalue weighted by Gasteiger charge is 2.14. The normalized spacial score (nSPS) is 10.9. The van der Waals surface area contributed by atoms with E-state index in [4.69, 9.17) is 10.2 Å². The lowest BCUT2D eigenvalue weighted by atomic mass is 10.1. The minimum Gasteiger partial charge on any atom is -0.469 e. The Morgan fingerprint density at radius 2 is 2.27 bits per heavy atom. The van der Waals surface area contributed by atoms with Gasteiger partial charge in [0.15, 0.2) is 0 Å². The Labute approximate surface area is 88.7 Å². The Morgan fingerprint density at radius 3 is 2.80 bits per heavy atom. The monoisotopic (exact) mass is 205 g/mol. The molecule has 0 fully saturated rings. The maximum absolute atomic E-state index is 5.93. The zero-order valence-corrected chi connectivity index (χ0v) is 9.24. The van der Waals surface area contributed by atoms with Crippen molar-refractivity contribution in [1.29, 1.82) is 0 Å². The Bertz CT molecular complexity index is 482. The molecule has 80 valence electrons. The van der Waals surface area contributed by atoms with Crippen LogP contribution in [-0.2, 0) is 13.5 Å². The Balaban J connectivity index is 2.57. The van der Waals surface area contributed by atoms with Gasteiger partial charge in [-0.1, -0.05) is 6.92 Å². The highest BCUT2D eigenvalue weighted by molar-refractivity contribution is 5.67. The van der Waals surface area contributed by atoms with Gasteiger partial charge in [0.1, 0.15) is 23.5 Å². The first-order valence-corrected chi connectivity index (χ1v) is 5.00. The smallest absolute Gasteiger partial charge is 0.125 e. The van der Waals surface area contributed by atoms with E-state index in [-0.39, 0.29) is 0 Å². The summed E-state index contributed by atoms with van der Waals surface area (Å²) in [5.41, 5.74) is 8.93. The molecule has 2 heterocycles. The summed E-state index contributed by atoms with van der Waals surface area (Å²) in [4.78, 5) is 0. The molecular formula is C11H15N3O. The number of furan rings is 1. The molecule has 4 nitrogen and oxygen atoms in total. The van der Waals surface area contributed by atoms with E-state index in [1.54, 1.807) is 10.9 Å². The van der Waals surface area contributed by atoms with E-state index < -0.39 is 0 Å². The van der Waals surface area contributed by atoms with Crippen molar-refractivity contribution in [3.8, 4) is 11.3 Å². The standard InChI is InChI=1S/C11H15N3O/c1-4-9-10(13-14(3)11(9)12)8-5-7(2)15-6-8/h5-6H,4,12H2,1-3H3. The first-order valence-electron chi connectivity index (χ1n) is 5.00. The lowest BCUT2D eigenvalue weighted by Gasteiger charge is -1.96. The van der Waals surface area contributed by atoms with E-state index in [1.807, 2.05) is 20.0 Å². The van der Waals surface area contributed by atoms with E-state index in [0.29, 0.717) is 0 Å². The second kappa shape index (κ2) is 3.46. The van der Waals surface area contributed by atoms with Crippen molar-refractivity contribution >= 4 is 5.82 Å². The number of anilines is 1. The number of nitrogens with two attached hydrogens (primary N) is 1. The van der Waals surface area contributed by atoms with Crippen molar-refractivity contribution in [2.24, 2.45) is 7.05 Å². The van der Waals surface area contributed by atoms with Gasteiger partial charge < -0.3 is 10.2 Å². The van der Waals surface area contributed by atoms with Crippen LogP contribution in [0, 0.1) is 6.92 Å². The average molecular weight is 205 g/mol. The number of nitrogens with zero attached hydrogens (tertiary/aromatic N) is 2. The summed E-state index contributed by atoms with van der Waals surface area (Å²) in [5.74, 6) is 1.61. The van der Waals surface area contributed by atoms with Gasteiger partial charge in [0.25, 0.3) is 0 Å². The van der Waals surface area contributed by atoms with Crippen LogP contribution in [-0.4, -0.2) is 9.78 Å². The van der Waals surface area contributed by atoms with E-state index in [9.17, 15) is 0 Å². The predicted molar refractivity (Wildman–Crippen MR) is 59.4 cm³/mol. The third kappa shape index (κ3) is 1.52. The van der Waals surface area contributed by atoms with E-state index in [0.717, 1.165) is 34.8 Å². The number of hydrogen-bond acceptors (Lipinski definition) is 3. The van der Waals surface area contributed by atoms with E-state index in [2.05, 4.69) is 12.0 Å². The van der Waals surface area contributed by atoms with Gasteiger partial charge in [-0.05, 0) is 19.4 Å². The van der Waals surface area contributed by atoms with Crippen molar-refractivity contribution < 1.29 is 4.42 Å². The molecule has 0 saturated carbocycles. The maximum atomic E-state index is 5.93. The fourth-order valence-corrected chi connectivity index (χ4v) is 1.73. The van der Waals surface area contributed by atoms with E-state index in [1.165, 1.54) is 0 Å². The summed E-state index contributed by atoms with van der Waals surface area (Å²) in [7, 11) is 1.85. The number of rotatable bonds is 2. The van der Waals surface area contributed by atoms with Crippen LogP contribution in [0.4, 0.5) is 5.82 Å². The Morgan fingerprint density at radius 1 is 1.53 bits per heavy atom. The Hall–Kier alpha value is -1.71. The van der Waals surface area contributed by atoms with Crippen molar-refractivity contribution in [3.63, 3.8) is 0 Å². The minimum absolute atomic E-state index is 0.728. The molecule has 0 aromatic carbocycles. The second-order valence-electron chi connectivity index (χ2n) is 3.64. The zero-order valence-electron chi connectivity index (χ0n) is 9.24. The van der Waals surface area contributed by atoms with Crippen LogP contribution >= 0.6 is 0 Å². The number of hydrogen-bond donors (Lipinski definition) is 1. The summed E-state index contributed by atoms with van der Waals surface area (Å²) in [6, 6.07) is 1.97. The van der Waals surface area contributed by atoms with Gasteiger partial charge in [-0.2, -0.15) is 5.10 Å². The molecule has 4 heteroatoms. The average Bonchev–Trinajstić information content (AvgIpc) is 2.73. The lowest BCUT2D eigenvalue weighted by Crippen LogP contribution is -1.98. The topological polar surface area (TPSA) is 57.0 Å². The molecule has 0 aliphatic heterocycles. The molecule has 2 rings (SSSR count). The van der Waals surface area contributed by atoms with Crippen molar-refractivity contribution in [2.45, 2.75) is 20.3 Å². The third-order valence-electron chi connectivity index (χ3n) is 2.55. The molecule has 0 amide bonds. The maximum Gasteiger partial charge on any atom is 0.125 e. The van der Waals surface area contributed by atoms with Gasteiger partial charge in [-0.3, -0.25) is 4.68 Å². The molecule has 0 aliphatic carbocycles. The summed E-state index contributed by atoms with van der Waals surface area (Å²) < 4.78 is 6.98. The molecule has 0 unspecified atom stereocenters. The molecule has 0 spiro atoms. The molecule has 2 N–H and O–H groups in total. The van der Waals surface area contributed by atoms with Gasteiger partial charge in [0.2, 0.25) is 0 Å². The van der Waals surface area contributed by atoms with Crippen LogP contribution in [0.1, 0.15) is 18.2 Å². The fraction of sp³-hybridized carbons (Fsp3) is 0.364. The molecule has 0 radical (unpaired) electrons. The predicted octanol–water partition coefficient (Wildman–Crippen LogP) is 2.13. The van der Waals surface area contributed by atoms with Crippen molar-refractivity contribution in [1.82, 2.24) is 9.78 Å². The van der Waals surface area contributed by atoms with Crippen LogP contribution in [0.25, 0.3) is 11.3 Å². The number of nitrogen functional groups attached to an aromatic ring is 1. The molecular weight excluding hydrogens is 190 g/mol. The first kappa shape index (κ1) is 9.83. The van der Waals surface area contributed by atoms with Crippen molar-refractivity contribution in [2.75, 3.05) is 5.73 Å². The molecule has 2 aromatic rings. The zero-order chi connectivity index (χ0) is 11.0. The summed E-state index contributed by atoms with van der Waals surface area (Å²) in [5, 5.41) is 4.40. The van der Waals surface area contributed by atoms with Gasteiger partial charge in [-0.25, -0.2) is 0 Å². The highest BCUT2D eigenvalue weighted by Crippen LogP contribution is 2.28.